The molecule has 0 unspecified atom stereocenters. The third-order valence-electron chi connectivity index (χ3n) is 11.4. The minimum absolute atomic E-state index is 0.463. The van der Waals surface area contributed by atoms with E-state index in [0.29, 0.717) is 22.4 Å². The minimum atomic E-state index is 0.463. The van der Waals surface area contributed by atoms with Gasteiger partial charge < -0.3 is 18.0 Å². The molecule has 0 radical (unpaired) electrons. The van der Waals surface area contributed by atoms with Crippen LogP contribution in [0.4, 0.5) is 5.69 Å². The van der Waals surface area contributed by atoms with Crippen molar-refractivity contribution in [1.29, 1.82) is 5.26 Å². The van der Waals surface area contributed by atoms with Gasteiger partial charge in [-0.1, -0.05) is 84.9 Å². The van der Waals surface area contributed by atoms with E-state index in [1.54, 1.807) is 0 Å². The van der Waals surface area contributed by atoms with Gasteiger partial charge in [0.15, 0.2) is 5.69 Å². The Hall–Kier alpha value is -8.06. The molecule has 6 nitrogen and oxygen atoms in total. The molecule has 0 aliphatic carbocycles. The number of hydrogen-bond donors (Lipinski definition) is 0. The van der Waals surface area contributed by atoms with Gasteiger partial charge in [0.2, 0.25) is 0 Å². The van der Waals surface area contributed by atoms with E-state index >= 15 is 0 Å². The first-order valence-corrected chi connectivity index (χ1v) is 18.4. The van der Waals surface area contributed by atoms with Gasteiger partial charge in [-0.3, -0.25) is 0 Å². The summed E-state index contributed by atoms with van der Waals surface area (Å²) in [5, 5.41) is 19.3. The summed E-state index contributed by atoms with van der Waals surface area (Å²) in [7, 11) is 0. The summed E-state index contributed by atoms with van der Waals surface area (Å²) in [5.41, 5.74) is 11.5. The van der Waals surface area contributed by atoms with Crippen LogP contribution in [0.5, 0.6) is 0 Å². The van der Waals surface area contributed by atoms with Crippen molar-refractivity contribution in [2.75, 3.05) is 0 Å². The molecule has 0 atom stereocenters. The van der Waals surface area contributed by atoms with Crippen LogP contribution >= 0.6 is 0 Å². The average molecular weight is 715 g/mol. The quantitative estimate of drug-likeness (QED) is 0.171. The van der Waals surface area contributed by atoms with Gasteiger partial charge in [-0.05, 0) is 83.9 Å². The van der Waals surface area contributed by atoms with Crippen LogP contribution in [0, 0.1) is 17.9 Å². The summed E-state index contributed by atoms with van der Waals surface area (Å²) in [6.07, 6.45) is 0. The van der Waals surface area contributed by atoms with Gasteiger partial charge in [0.25, 0.3) is 0 Å². The molecular weight excluding hydrogens is 689 g/mol. The number of fused-ring (bicyclic) bond motifs is 14. The third kappa shape index (κ3) is 4.02. The maximum absolute atomic E-state index is 10.7. The predicted molar refractivity (Wildman–Crippen MR) is 226 cm³/mol. The maximum atomic E-state index is 10.7. The molecule has 0 bridgehead atoms. The number of rotatable bonds is 3. The van der Waals surface area contributed by atoms with Crippen LogP contribution in [0.2, 0.25) is 0 Å². The number of hydrogen-bond acceptors (Lipinski definition) is 3. The topological polar surface area (TPSA) is 64.3 Å². The van der Waals surface area contributed by atoms with Crippen LogP contribution in [0.3, 0.4) is 0 Å². The van der Waals surface area contributed by atoms with Crippen molar-refractivity contribution in [3.63, 3.8) is 0 Å². The van der Waals surface area contributed by atoms with E-state index in [1.165, 1.54) is 0 Å². The van der Waals surface area contributed by atoms with Crippen molar-refractivity contribution in [3.05, 3.63) is 175 Å². The Bertz CT molecular complexity index is 3500. The Kier molecular flexibility index (Phi) is 6.10. The van der Waals surface area contributed by atoms with Gasteiger partial charge in [0.1, 0.15) is 22.3 Å². The molecule has 4 heterocycles. The summed E-state index contributed by atoms with van der Waals surface area (Å²) >= 11 is 0. The highest BCUT2D eigenvalue weighted by atomic mass is 16.3. The number of furan rings is 2. The lowest BCUT2D eigenvalue weighted by atomic mass is 9.97. The summed E-state index contributed by atoms with van der Waals surface area (Å²) in [4.78, 5) is 4.06. The molecular formula is C50H26N4O2. The van der Waals surface area contributed by atoms with E-state index < -0.39 is 0 Å². The highest BCUT2D eigenvalue weighted by Crippen LogP contribution is 2.44. The molecule has 0 N–H and O–H groups in total. The molecule has 0 spiro atoms. The van der Waals surface area contributed by atoms with Crippen LogP contribution in [0.15, 0.2) is 167 Å². The van der Waals surface area contributed by atoms with Gasteiger partial charge in [0, 0.05) is 43.7 Å². The molecule has 0 saturated heterocycles. The second-order valence-electron chi connectivity index (χ2n) is 14.2. The van der Waals surface area contributed by atoms with Crippen molar-refractivity contribution in [3.8, 4) is 28.6 Å². The summed E-state index contributed by atoms with van der Waals surface area (Å²) < 4.78 is 17.1. The highest BCUT2D eigenvalue weighted by molar-refractivity contribution is 6.26. The Morgan fingerprint density at radius 2 is 0.946 bits per heavy atom. The van der Waals surface area contributed by atoms with Crippen LogP contribution in [0.1, 0.15) is 5.56 Å². The van der Waals surface area contributed by atoms with Crippen LogP contribution in [0.25, 0.3) is 115 Å². The van der Waals surface area contributed by atoms with Crippen molar-refractivity contribution >= 4 is 93.2 Å². The smallest absolute Gasteiger partial charge is 0.197 e. The first-order chi connectivity index (χ1) is 27.7. The fourth-order valence-corrected chi connectivity index (χ4v) is 9.04. The fourth-order valence-electron chi connectivity index (χ4n) is 9.04. The second-order valence-corrected chi connectivity index (χ2v) is 14.2. The van der Waals surface area contributed by atoms with Crippen LogP contribution in [-0.4, -0.2) is 9.13 Å². The largest absolute Gasteiger partial charge is 0.456 e. The highest BCUT2D eigenvalue weighted by Gasteiger charge is 2.22. The molecule has 4 aromatic heterocycles. The zero-order valence-electron chi connectivity index (χ0n) is 29.6. The number of para-hydroxylation sites is 4. The third-order valence-corrected chi connectivity index (χ3v) is 11.4. The normalized spacial score (nSPS) is 11.9. The van der Waals surface area contributed by atoms with Crippen LogP contribution < -0.4 is 0 Å². The molecule has 12 rings (SSSR count). The monoisotopic (exact) mass is 714 g/mol. The maximum Gasteiger partial charge on any atom is 0.197 e. The van der Waals surface area contributed by atoms with Gasteiger partial charge >= 0.3 is 0 Å². The number of aromatic nitrogens is 2. The summed E-state index contributed by atoms with van der Waals surface area (Å²) in [6, 6.07) is 55.8. The molecule has 8 aromatic carbocycles. The number of nitriles is 1. The average Bonchev–Trinajstić information content (AvgIpc) is 4.00. The summed E-state index contributed by atoms with van der Waals surface area (Å²) in [6.45, 7) is 8.39. The molecule has 56 heavy (non-hydrogen) atoms. The number of nitrogens with zero attached hydrogens (tertiary/aromatic N) is 4. The summed E-state index contributed by atoms with van der Waals surface area (Å²) in [5.74, 6) is 0. The lowest BCUT2D eigenvalue weighted by molar-refractivity contribution is 0.669. The zero-order chi connectivity index (χ0) is 37.1. The molecule has 258 valence electrons. The Morgan fingerprint density at radius 1 is 0.464 bits per heavy atom. The zero-order valence-corrected chi connectivity index (χ0v) is 29.6. The molecule has 0 aliphatic rings. The second kappa shape index (κ2) is 11.2. The standard InChI is InChI=1S/C50H26N4O2/c1-52-40-27-31(54-42-15-7-3-11-35(42)37-23-25-46-48(50(37)54)39-13-5-9-17-44(39)56-46)19-21-33(40)32-20-18-30(26-29(32)28-51)53-41-14-6-2-10-34(41)36-22-24-45-47(49(36)53)38-12-4-8-16-43(38)55-45/h2-27H. The fraction of sp³-hybridized carbons (Fsp3) is 0. The lowest BCUT2D eigenvalue weighted by Crippen LogP contribution is -1.97. The SMILES string of the molecule is [C-]#[N+]c1cc(-n2c3ccccc3c3ccc4oc5ccccc5c4c32)ccc1-c1ccc(-n2c3ccccc3c3ccc4oc5ccccc5c4c32)cc1C#N. The van der Waals surface area contributed by atoms with E-state index in [0.717, 1.165) is 98.9 Å². The van der Waals surface area contributed by atoms with E-state index in [9.17, 15) is 5.26 Å². The first kappa shape index (κ1) is 30.4. The Morgan fingerprint density at radius 3 is 1.48 bits per heavy atom. The van der Waals surface area contributed by atoms with Crippen LogP contribution in [-0.2, 0) is 0 Å². The van der Waals surface area contributed by atoms with Gasteiger partial charge in [-0.25, -0.2) is 4.85 Å². The molecule has 6 heteroatoms. The van der Waals surface area contributed by atoms with Crippen molar-refractivity contribution < 1.29 is 8.83 Å². The van der Waals surface area contributed by atoms with Crippen molar-refractivity contribution in [2.24, 2.45) is 0 Å². The Labute approximate surface area is 318 Å². The Balaban J connectivity index is 1.07. The molecule has 12 aromatic rings. The van der Waals surface area contributed by atoms with Gasteiger partial charge in [-0.15, -0.1) is 0 Å². The molecule has 0 saturated carbocycles. The molecule has 0 fully saturated rings. The molecule has 0 aliphatic heterocycles. The predicted octanol–water partition coefficient (Wildman–Crippen LogP) is 13.8. The van der Waals surface area contributed by atoms with Crippen molar-refractivity contribution in [1.82, 2.24) is 9.13 Å². The van der Waals surface area contributed by atoms with E-state index in [1.807, 2.05) is 78.9 Å². The van der Waals surface area contributed by atoms with E-state index in [2.05, 4.69) is 98.9 Å². The van der Waals surface area contributed by atoms with E-state index in [-0.39, 0.29) is 0 Å². The van der Waals surface area contributed by atoms with Crippen molar-refractivity contribution in [2.45, 2.75) is 0 Å². The first-order valence-electron chi connectivity index (χ1n) is 18.4. The van der Waals surface area contributed by atoms with E-state index in [4.69, 9.17) is 15.4 Å². The minimum Gasteiger partial charge on any atom is -0.456 e. The molecule has 0 amide bonds. The van der Waals surface area contributed by atoms with Gasteiger partial charge in [-0.2, -0.15) is 5.26 Å². The lowest BCUT2D eigenvalue weighted by Gasteiger charge is -2.14. The number of benzene rings is 8. The van der Waals surface area contributed by atoms with Gasteiger partial charge in [0.05, 0.1) is 51.0 Å².